The molecular formula is C19H40N4. The molecule has 1 heterocycles. The Labute approximate surface area is 144 Å². The lowest BCUT2D eigenvalue weighted by Gasteiger charge is -2.36. The molecule has 1 rings (SSSR count). The fourth-order valence-electron chi connectivity index (χ4n) is 3.29. The van der Waals surface area contributed by atoms with Gasteiger partial charge in [0.1, 0.15) is 6.34 Å². The maximum atomic E-state index is 4.03. The van der Waals surface area contributed by atoms with Crippen LogP contribution in [0.5, 0.6) is 0 Å². The van der Waals surface area contributed by atoms with Gasteiger partial charge in [-0.3, -0.25) is 5.01 Å². The molecule has 0 radical (unpaired) electrons. The van der Waals surface area contributed by atoms with Crippen LogP contribution in [-0.2, 0) is 0 Å². The van der Waals surface area contributed by atoms with Crippen molar-refractivity contribution in [2.75, 3.05) is 0 Å². The molecule has 23 heavy (non-hydrogen) atoms. The Hall–Kier alpha value is -0.770. The number of nitrogens with zero attached hydrogens (tertiary/aromatic N) is 2. The lowest BCUT2D eigenvalue weighted by molar-refractivity contribution is 0.115. The van der Waals surface area contributed by atoms with E-state index in [2.05, 4.69) is 42.0 Å². The zero-order valence-corrected chi connectivity index (χ0v) is 15.9. The Morgan fingerprint density at radius 1 is 0.826 bits per heavy atom. The highest BCUT2D eigenvalue weighted by atomic mass is 15.8. The minimum atomic E-state index is 0.172. The summed E-state index contributed by atoms with van der Waals surface area (Å²) in [5.74, 6) is 0. The van der Waals surface area contributed by atoms with Crippen LogP contribution in [0, 0.1) is 0 Å². The molecule has 4 nitrogen and oxygen atoms in total. The molecule has 0 aromatic rings. The minimum Gasteiger partial charge on any atom is -0.272 e. The summed E-state index contributed by atoms with van der Waals surface area (Å²) in [6.45, 7) is 6.86. The molecule has 1 atom stereocenters. The van der Waals surface area contributed by atoms with Crippen molar-refractivity contribution in [1.29, 1.82) is 0 Å². The average molecular weight is 325 g/mol. The summed E-state index contributed by atoms with van der Waals surface area (Å²) in [6, 6.07) is 0. The molecule has 2 N–H and O–H groups in total. The SMILES string of the molecule is CCCCCCCCCCCCCCC(C)(CC)N1C=NNN1. The van der Waals surface area contributed by atoms with E-state index in [9.17, 15) is 0 Å². The van der Waals surface area contributed by atoms with Crippen LogP contribution in [0.3, 0.4) is 0 Å². The fourth-order valence-corrected chi connectivity index (χ4v) is 3.29. The van der Waals surface area contributed by atoms with Gasteiger partial charge in [0.2, 0.25) is 0 Å². The Morgan fingerprint density at radius 3 is 1.78 bits per heavy atom. The van der Waals surface area contributed by atoms with E-state index in [-0.39, 0.29) is 5.54 Å². The van der Waals surface area contributed by atoms with E-state index < -0.39 is 0 Å². The van der Waals surface area contributed by atoms with Crippen LogP contribution in [-0.4, -0.2) is 16.9 Å². The van der Waals surface area contributed by atoms with Crippen LogP contribution in [0.15, 0.2) is 5.10 Å². The average Bonchev–Trinajstić information content (AvgIpc) is 3.11. The normalized spacial score (nSPS) is 16.6. The molecule has 4 heteroatoms. The lowest BCUT2D eigenvalue weighted by atomic mass is 9.90. The second kappa shape index (κ2) is 12.6. The molecular weight excluding hydrogens is 284 g/mol. The van der Waals surface area contributed by atoms with Gasteiger partial charge in [0.15, 0.2) is 0 Å². The maximum Gasteiger partial charge on any atom is 0.129 e. The highest BCUT2D eigenvalue weighted by Crippen LogP contribution is 2.25. The Bertz CT molecular complexity index is 306. The first-order valence-electron chi connectivity index (χ1n) is 10.1. The quantitative estimate of drug-likeness (QED) is 0.390. The molecule has 136 valence electrons. The van der Waals surface area contributed by atoms with E-state index in [0.29, 0.717) is 0 Å². The first kappa shape index (κ1) is 20.3. The van der Waals surface area contributed by atoms with E-state index in [1.165, 1.54) is 83.5 Å². The van der Waals surface area contributed by atoms with Gasteiger partial charge < -0.3 is 0 Å². The van der Waals surface area contributed by atoms with E-state index in [1.54, 1.807) is 0 Å². The maximum absolute atomic E-state index is 4.03. The summed E-state index contributed by atoms with van der Waals surface area (Å²) in [7, 11) is 0. The molecule has 0 bridgehead atoms. The minimum absolute atomic E-state index is 0.172. The van der Waals surface area contributed by atoms with Gasteiger partial charge in [-0.15, -0.1) is 5.53 Å². The molecule has 0 saturated carbocycles. The van der Waals surface area contributed by atoms with Crippen molar-refractivity contribution < 1.29 is 0 Å². The Balaban J connectivity index is 1.91. The third-order valence-corrected chi connectivity index (χ3v) is 5.32. The van der Waals surface area contributed by atoms with Crippen molar-refractivity contribution in [2.24, 2.45) is 5.10 Å². The summed E-state index contributed by atoms with van der Waals surface area (Å²) in [5, 5.41) is 6.14. The van der Waals surface area contributed by atoms with Gasteiger partial charge in [0, 0.05) is 0 Å². The summed E-state index contributed by atoms with van der Waals surface area (Å²) in [6.07, 6.45) is 21.2. The zero-order valence-electron chi connectivity index (χ0n) is 15.9. The van der Waals surface area contributed by atoms with Gasteiger partial charge in [-0.1, -0.05) is 90.9 Å². The topological polar surface area (TPSA) is 39.7 Å². The van der Waals surface area contributed by atoms with Gasteiger partial charge in [0.25, 0.3) is 0 Å². The number of rotatable bonds is 15. The molecule has 0 aromatic carbocycles. The Kier molecular flexibility index (Phi) is 11.1. The number of hydrazone groups is 1. The molecule has 0 spiro atoms. The van der Waals surface area contributed by atoms with Crippen LogP contribution in [0.1, 0.15) is 111 Å². The van der Waals surface area contributed by atoms with Crippen molar-refractivity contribution in [3.63, 3.8) is 0 Å². The number of nitrogens with one attached hydrogen (secondary N) is 2. The summed E-state index contributed by atoms with van der Waals surface area (Å²) < 4.78 is 0. The Morgan fingerprint density at radius 2 is 1.35 bits per heavy atom. The van der Waals surface area contributed by atoms with Crippen LogP contribution >= 0.6 is 0 Å². The predicted molar refractivity (Wildman–Crippen MR) is 101 cm³/mol. The third kappa shape index (κ3) is 8.59. The number of hydrogen-bond acceptors (Lipinski definition) is 4. The molecule has 0 aliphatic carbocycles. The van der Waals surface area contributed by atoms with Crippen LogP contribution < -0.4 is 11.1 Å². The van der Waals surface area contributed by atoms with E-state index in [1.807, 2.05) is 6.34 Å². The van der Waals surface area contributed by atoms with Crippen molar-refractivity contribution in [1.82, 2.24) is 16.1 Å². The second-order valence-corrected chi connectivity index (χ2v) is 7.33. The fraction of sp³-hybridized carbons (Fsp3) is 0.947. The number of hydrogen-bond donors (Lipinski definition) is 2. The largest absolute Gasteiger partial charge is 0.272 e. The third-order valence-electron chi connectivity index (χ3n) is 5.32. The molecule has 1 aliphatic heterocycles. The standard InChI is InChI=1S/C19H40N4/c1-4-6-7-8-9-10-11-12-13-14-15-16-17-19(3,5-2)23-18-20-21-22-23/h18,21-22H,4-17H2,1-3H3. The van der Waals surface area contributed by atoms with E-state index in [4.69, 9.17) is 0 Å². The summed E-state index contributed by atoms with van der Waals surface area (Å²) in [5.41, 5.74) is 6.08. The summed E-state index contributed by atoms with van der Waals surface area (Å²) >= 11 is 0. The number of hydrazine groups is 2. The summed E-state index contributed by atoms with van der Waals surface area (Å²) in [4.78, 5) is 0. The highest BCUT2D eigenvalue weighted by Gasteiger charge is 2.29. The van der Waals surface area contributed by atoms with Crippen molar-refractivity contribution in [2.45, 2.75) is 116 Å². The first-order chi connectivity index (χ1) is 11.2. The van der Waals surface area contributed by atoms with Gasteiger partial charge in [0.05, 0.1) is 5.54 Å². The lowest BCUT2D eigenvalue weighted by Crippen LogP contribution is -2.52. The van der Waals surface area contributed by atoms with E-state index in [0.717, 1.165) is 6.42 Å². The highest BCUT2D eigenvalue weighted by molar-refractivity contribution is 5.56. The molecule has 0 saturated heterocycles. The molecule has 0 aromatic heterocycles. The first-order valence-corrected chi connectivity index (χ1v) is 10.1. The van der Waals surface area contributed by atoms with Gasteiger partial charge in [-0.2, -0.15) is 5.10 Å². The van der Waals surface area contributed by atoms with Crippen molar-refractivity contribution in [3.05, 3.63) is 0 Å². The molecule has 0 fully saturated rings. The zero-order chi connectivity index (χ0) is 16.8. The number of unbranched alkanes of at least 4 members (excludes halogenated alkanes) is 11. The molecule has 0 amide bonds. The van der Waals surface area contributed by atoms with Crippen LogP contribution in [0.2, 0.25) is 0 Å². The van der Waals surface area contributed by atoms with Gasteiger partial charge in [-0.05, 0) is 19.8 Å². The van der Waals surface area contributed by atoms with Gasteiger partial charge >= 0.3 is 0 Å². The van der Waals surface area contributed by atoms with Crippen molar-refractivity contribution >= 4 is 6.34 Å². The van der Waals surface area contributed by atoms with E-state index >= 15 is 0 Å². The predicted octanol–water partition coefficient (Wildman–Crippen LogP) is 5.51. The van der Waals surface area contributed by atoms with Crippen LogP contribution in [0.25, 0.3) is 0 Å². The molecule has 1 aliphatic rings. The second-order valence-electron chi connectivity index (χ2n) is 7.33. The van der Waals surface area contributed by atoms with Gasteiger partial charge in [-0.25, -0.2) is 5.53 Å². The monoisotopic (exact) mass is 324 g/mol. The smallest absolute Gasteiger partial charge is 0.129 e. The van der Waals surface area contributed by atoms with Crippen molar-refractivity contribution in [3.8, 4) is 0 Å². The molecule has 1 unspecified atom stereocenters. The van der Waals surface area contributed by atoms with Crippen LogP contribution in [0.4, 0.5) is 0 Å².